The fourth-order valence-corrected chi connectivity index (χ4v) is 3.93. The van der Waals surface area contributed by atoms with Gasteiger partial charge in [-0.15, -0.1) is 23.1 Å². The predicted octanol–water partition coefficient (Wildman–Crippen LogP) is 4.58. The number of fused-ring (bicyclic) bond motifs is 1. The van der Waals surface area contributed by atoms with Crippen LogP contribution >= 0.6 is 46.3 Å². The van der Waals surface area contributed by atoms with E-state index in [-0.39, 0.29) is 0 Å². The first-order chi connectivity index (χ1) is 10.2. The van der Waals surface area contributed by atoms with Crippen LogP contribution in [0.3, 0.4) is 0 Å². The van der Waals surface area contributed by atoms with Crippen LogP contribution in [0.5, 0.6) is 0 Å². The van der Waals surface area contributed by atoms with Crippen LogP contribution in [0.15, 0.2) is 34.5 Å². The topological polar surface area (TPSA) is 63.8 Å². The molecule has 21 heavy (non-hydrogen) atoms. The van der Waals surface area contributed by atoms with Crippen molar-refractivity contribution in [1.29, 1.82) is 0 Å². The van der Waals surface area contributed by atoms with Crippen molar-refractivity contribution >= 4 is 62.3 Å². The van der Waals surface area contributed by atoms with E-state index in [2.05, 4.69) is 15.4 Å². The summed E-state index contributed by atoms with van der Waals surface area (Å²) in [7, 11) is 0. The highest BCUT2D eigenvalue weighted by atomic mass is 35.5. The Hall–Kier alpha value is -1.05. The number of nitrogens with one attached hydrogen (secondary N) is 1. The molecule has 0 unspecified atom stereocenters. The molecule has 1 aromatic carbocycles. The van der Waals surface area contributed by atoms with Gasteiger partial charge in [-0.1, -0.05) is 23.2 Å². The van der Waals surface area contributed by atoms with Crippen molar-refractivity contribution in [2.24, 2.45) is 5.84 Å². The molecular weight excluding hydrogens is 347 g/mol. The second kappa shape index (κ2) is 6.37. The molecule has 0 radical (unpaired) electrons. The Morgan fingerprint density at radius 2 is 2.10 bits per heavy atom. The molecule has 0 aliphatic heterocycles. The number of nitrogens with two attached hydrogens (primary N) is 1. The Balaban J connectivity index is 1.86. The summed E-state index contributed by atoms with van der Waals surface area (Å²) in [6, 6.07) is 7.32. The molecule has 0 aliphatic carbocycles. The first kappa shape index (κ1) is 14.9. The summed E-state index contributed by atoms with van der Waals surface area (Å²) in [4.78, 5) is 10.8. The van der Waals surface area contributed by atoms with E-state index >= 15 is 0 Å². The number of nitrogens with zero attached hydrogens (tertiary/aromatic N) is 2. The van der Waals surface area contributed by atoms with Crippen LogP contribution in [-0.4, -0.2) is 9.97 Å². The third-order valence-corrected chi connectivity index (χ3v) is 5.29. The molecule has 4 nitrogen and oxygen atoms in total. The molecule has 0 spiro atoms. The van der Waals surface area contributed by atoms with Crippen LogP contribution < -0.4 is 11.3 Å². The smallest absolute Gasteiger partial charge is 0.152 e. The number of halogens is 2. The molecule has 0 bridgehead atoms. The molecule has 2 heterocycles. The van der Waals surface area contributed by atoms with Gasteiger partial charge in [0.25, 0.3) is 0 Å². The van der Waals surface area contributed by atoms with Gasteiger partial charge in [0.15, 0.2) is 5.82 Å². The Morgan fingerprint density at radius 1 is 1.24 bits per heavy atom. The molecule has 0 fully saturated rings. The zero-order valence-corrected chi connectivity index (χ0v) is 13.8. The van der Waals surface area contributed by atoms with Crippen molar-refractivity contribution in [3.63, 3.8) is 0 Å². The maximum atomic E-state index is 6.15. The molecule has 0 atom stereocenters. The van der Waals surface area contributed by atoms with Crippen molar-refractivity contribution in [2.75, 3.05) is 5.43 Å². The van der Waals surface area contributed by atoms with E-state index in [0.29, 0.717) is 27.4 Å². The fraction of sp³-hybridized carbons (Fsp3) is 0.0769. The van der Waals surface area contributed by atoms with E-state index in [9.17, 15) is 0 Å². The van der Waals surface area contributed by atoms with Crippen LogP contribution in [0, 0.1) is 0 Å². The second-order valence-corrected chi connectivity index (χ2v) is 6.89. The predicted molar refractivity (Wildman–Crippen MR) is 91.2 cm³/mol. The molecule has 2 aromatic heterocycles. The molecule has 0 saturated heterocycles. The minimum absolute atomic E-state index is 0.586. The van der Waals surface area contributed by atoms with Crippen LogP contribution in [-0.2, 0) is 5.75 Å². The van der Waals surface area contributed by atoms with Crippen molar-refractivity contribution in [3.8, 4) is 0 Å². The number of rotatable bonds is 4. The Labute approximate surface area is 139 Å². The number of hydrogen-bond acceptors (Lipinski definition) is 6. The maximum absolute atomic E-state index is 6.15. The van der Waals surface area contributed by atoms with Gasteiger partial charge >= 0.3 is 0 Å². The lowest BCUT2D eigenvalue weighted by Crippen LogP contribution is -2.10. The highest BCUT2D eigenvalue weighted by molar-refractivity contribution is 7.98. The summed E-state index contributed by atoms with van der Waals surface area (Å²) in [5.41, 5.74) is 2.61. The van der Waals surface area contributed by atoms with Crippen molar-refractivity contribution < 1.29 is 0 Å². The average Bonchev–Trinajstić information content (AvgIpc) is 2.95. The minimum atomic E-state index is 0.586. The lowest BCUT2D eigenvalue weighted by atomic mass is 10.4. The van der Waals surface area contributed by atoms with E-state index < -0.39 is 0 Å². The van der Waals surface area contributed by atoms with E-state index in [1.807, 2.05) is 17.5 Å². The first-order valence-corrected chi connectivity index (χ1v) is 8.58. The van der Waals surface area contributed by atoms with Gasteiger partial charge in [0.05, 0.1) is 16.2 Å². The molecule has 8 heteroatoms. The minimum Gasteiger partial charge on any atom is -0.308 e. The average molecular weight is 357 g/mol. The number of benzene rings is 1. The monoisotopic (exact) mass is 356 g/mol. The van der Waals surface area contributed by atoms with Crippen LogP contribution in [0.2, 0.25) is 10.0 Å². The lowest BCUT2D eigenvalue weighted by molar-refractivity contribution is 1.06. The number of thioether (sulfide) groups is 1. The summed E-state index contributed by atoms with van der Waals surface area (Å²) in [6.07, 6.45) is 0. The Kier molecular flexibility index (Phi) is 4.51. The highest BCUT2D eigenvalue weighted by Crippen LogP contribution is 2.32. The van der Waals surface area contributed by atoms with Crippen molar-refractivity contribution in [2.45, 2.75) is 10.6 Å². The van der Waals surface area contributed by atoms with Crippen molar-refractivity contribution in [3.05, 3.63) is 45.5 Å². The SMILES string of the molecule is NNc1nc(CSc2cc(Cl)ccc2Cl)nc2sccc12. The Morgan fingerprint density at radius 3 is 2.90 bits per heavy atom. The van der Waals surface area contributed by atoms with Gasteiger partial charge in [0.1, 0.15) is 10.7 Å². The summed E-state index contributed by atoms with van der Waals surface area (Å²) in [5, 5.41) is 4.21. The zero-order chi connectivity index (χ0) is 14.8. The van der Waals surface area contributed by atoms with Gasteiger partial charge in [-0.3, -0.25) is 0 Å². The quantitative estimate of drug-likeness (QED) is 0.407. The molecular formula is C13H10Cl2N4S2. The summed E-state index contributed by atoms with van der Waals surface area (Å²) in [5.74, 6) is 7.43. The number of hydrazine groups is 1. The van der Waals surface area contributed by atoms with E-state index in [0.717, 1.165) is 15.1 Å². The third kappa shape index (κ3) is 3.25. The molecule has 0 amide bonds. The summed E-state index contributed by atoms with van der Waals surface area (Å²) < 4.78 is 0. The lowest BCUT2D eigenvalue weighted by Gasteiger charge is -2.06. The number of nitrogen functional groups attached to an aromatic ring is 1. The number of hydrogen-bond donors (Lipinski definition) is 2. The van der Waals surface area contributed by atoms with E-state index in [4.69, 9.17) is 29.0 Å². The number of thiophene rings is 1. The molecule has 0 aliphatic rings. The first-order valence-electron chi connectivity index (χ1n) is 5.96. The Bertz CT molecular complexity index is 791. The van der Waals surface area contributed by atoms with Crippen molar-refractivity contribution in [1.82, 2.24) is 9.97 Å². The van der Waals surface area contributed by atoms with E-state index in [1.54, 1.807) is 23.5 Å². The van der Waals surface area contributed by atoms with Gasteiger partial charge in [0.2, 0.25) is 0 Å². The van der Waals surface area contributed by atoms with Gasteiger partial charge in [-0.25, -0.2) is 15.8 Å². The van der Waals surface area contributed by atoms with Crippen LogP contribution in [0.4, 0.5) is 5.82 Å². The molecule has 3 rings (SSSR count). The normalized spacial score (nSPS) is 11.0. The fourth-order valence-electron chi connectivity index (χ4n) is 1.80. The molecule has 108 valence electrons. The van der Waals surface area contributed by atoms with E-state index in [1.165, 1.54) is 11.8 Å². The van der Waals surface area contributed by atoms with Gasteiger partial charge in [-0.2, -0.15) is 0 Å². The second-order valence-electron chi connectivity index (χ2n) is 4.14. The highest BCUT2D eigenvalue weighted by Gasteiger charge is 2.09. The van der Waals surface area contributed by atoms with Gasteiger partial charge in [-0.05, 0) is 29.6 Å². The molecule has 0 saturated carbocycles. The largest absolute Gasteiger partial charge is 0.308 e. The molecule has 3 N–H and O–H groups in total. The van der Waals surface area contributed by atoms with Gasteiger partial charge < -0.3 is 5.43 Å². The molecule has 3 aromatic rings. The van der Waals surface area contributed by atoms with Gasteiger partial charge in [0, 0.05) is 9.92 Å². The summed E-state index contributed by atoms with van der Waals surface area (Å²) in [6.45, 7) is 0. The zero-order valence-electron chi connectivity index (χ0n) is 10.6. The maximum Gasteiger partial charge on any atom is 0.152 e. The van der Waals surface area contributed by atoms with Crippen LogP contribution in [0.25, 0.3) is 10.2 Å². The van der Waals surface area contributed by atoms with Crippen LogP contribution in [0.1, 0.15) is 5.82 Å². The standard InChI is InChI=1S/C13H10Cl2N4S2/c14-7-1-2-9(15)10(5-7)21-6-11-17-12(19-16)8-3-4-20-13(8)18-11/h1-5H,6,16H2,(H,17,18,19). The number of aromatic nitrogens is 2. The third-order valence-electron chi connectivity index (χ3n) is 2.76. The number of anilines is 1. The summed E-state index contributed by atoms with van der Waals surface area (Å²) >= 11 is 15.2.